The van der Waals surface area contributed by atoms with E-state index in [4.69, 9.17) is 0 Å². The number of nitrogens with zero attached hydrogens (tertiary/aromatic N) is 1. The van der Waals surface area contributed by atoms with Crippen molar-refractivity contribution in [3.63, 3.8) is 0 Å². The zero-order chi connectivity index (χ0) is 12.2. The van der Waals surface area contributed by atoms with Crippen LogP contribution in [0.4, 0.5) is 4.79 Å². The fraction of sp³-hybridized carbons (Fsp3) is 0.300. The van der Waals surface area contributed by atoms with Crippen LogP contribution >= 0.6 is 0 Å². The number of benzene rings is 1. The Morgan fingerprint density at radius 1 is 1.25 bits per heavy atom. The third-order valence-electron chi connectivity index (χ3n) is 1.85. The monoisotopic (exact) mass is 242 g/mol. The summed E-state index contributed by atoms with van der Waals surface area (Å²) >= 11 is 0. The van der Waals surface area contributed by atoms with Crippen LogP contribution in [0.3, 0.4) is 0 Å². The van der Waals surface area contributed by atoms with E-state index in [1.165, 1.54) is 19.0 Å². The Hall–Kier alpha value is -1.56. The van der Waals surface area contributed by atoms with Crippen molar-refractivity contribution in [1.82, 2.24) is 9.62 Å². The molecule has 1 rings (SSSR count). The number of rotatable bonds is 3. The summed E-state index contributed by atoms with van der Waals surface area (Å²) in [5.41, 5.74) is 0.640. The van der Waals surface area contributed by atoms with Gasteiger partial charge in [0.05, 0.1) is 5.75 Å². The van der Waals surface area contributed by atoms with Crippen molar-refractivity contribution in [2.45, 2.75) is 5.75 Å². The van der Waals surface area contributed by atoms with E-state index >= 15 is 0 Å². The van der Waals surface area contributed by atoms with Crippen molar-refractivity contribution in [2.24, 2.45) is 0 Å². The molecule has 1 N–H and O–H groups in total. The van der Waals surface area contributed by atoms with Crippen LogP contribution in [0.15, 0.2) is 30.3 Å². The summed E-state index contributed by atoms with van der Waals surface area (Å²) in [5, 5.41) is 0. The molecule has 0 radical (unpaired) electrons. The van der Waals surface area contributed by atoms with Crippen LogP contribution < -0.4 is 4.72 Å². The van der Waals surface area contributed by atoms with E-state index in [-0.39, 0.29) is 5.75 Å². The first kappa shape index (κ1) is 12.5. The van der Waals surface area contributed by atoms with E-state index in [9.17, 15) is 13.2 Å². The number of hydrogen-bond donors (Lipinski definition) is 1. The highest BCUT2D eigenvalue weighted by Crippen LogP contribution is 2.03. The van der Waals surface area contributed by atoms with Crippen molar-refractivity contribution in [2.75, 3.05) is 14.1 Å². The summed E-state index contributed by atoms with van der Waals surface area (Å²) in [7, 11) is -0.661. The lowest BCUT2D eigenvalue weighted by Crippen LogP contribution is -2.39. The van der Waals surface area contributed by atoms with E-state index in [0.29, 0.717) is 5.56 Å². The molecule has 88 valence electrons. The van der Waals surface area contributed by atoms with Gasteiger partial charge in [-0.1, -0.05) is 30.3 Å². The van der Waals surface area contributed by atoms with Crippen molar-refractivity contribution in [3.05, 3.63) is 35.9 Å². The van der Waals surface area contributed by atoms with Crippen LogP contribution in [0.2, 0.25) is 0 Å². The van der Waals surface area contributed by atoms with Gasteiger partial charge >= 0.3 is 6.03 Å². The highest BCUT2D eigenvalue weighted by Gasteiger charge is 2.16. The lowest BCUT2D eigenvalue weighted by atomic mass is 10.2. The molecule has 0 unspecified atom stereocenters. The normalized spacial score (nSPS) is 10.9. The standard InChI is InChI=1S/C10H14N2O3S/c1-12(2)10(13)11-16(14,15)8-9-6-4-3-5-7-9/h3-7H,8H2,1-2H3,(H,11,13). The summed E-state index contributed by atoms with van der Waals surface area (Å²) in [4.78, 5) is 12.4. The molecule has 0 heterocycles. The Balaban J connectivity index is 2.70. The average molecular weight is 242 g/mol. The predicted molar refractivity (Wildman–Crippen MR) is 61.3 cm³/mol. The second-order valence-corrected chi connectivity index (χ2v) is 5.27. The molecule has 0 atom stereocenters. The van der Waals surface area contributed by atoms with E-state index in [2.05, 4.69) is 0 Å². The number of nitrogens with one attached hydrogen (secondary N) is 1. The highest BCUT2D eigenvalue weighted by molar-refractivity contribution is 7.89. The summed E-state index contributed by atoms with van der Waals surface area (Å²) in [6.45, 7) is 0. The molecule has 0 aromatic heterocycles. The first-order valence-electron chi connectivity index (χ1n) is 4.66. The second kappa shape index (κ2) is 4.98. The molecule has 2 amide bonds. The summed E-state index contributed by atoms with van der Waals surface area (Å²) in [6.07, 6.45) is 0. The van der Waals surface area contributed by atoms with Gasteiger partial charge in [-0.3, -0.25) is 0 Å². The minimum Gasteiger partial charge on any atom is -0.330 e. The van der Waals surface area contributed by atoms with E-state index < -0.39 is 16.1 Å². The maximum Gasteiger partial charge on any atom is 0.330 e. The number of sulfonamides is 1. The first-order chi connectivity index (χ1) is 7.41. The third-order valence-corrected chi connectivity index (χ3v) is 3.05. The minimum absolute atomic E-state index is 0.201. The minimum atomic E-state index is -3.62. The number of urea groups is 1. The van der Waals surface area contributed by atoms with Crippen molar-refractivity contribution >= 4 is 16.1 Å². The van der Waals surface area contributed by atoms with Gasteiger partial charge in [0, 0.05) is 14.1 Å². The largest absolute Gasteiger partial charge is 0.330 e. The second-order valence-electron chi connectivity index (χ2n) is 3.55. The molecule has 0 bridgehead atoms. The number of carbonyl (C=O) groups excluding carboxylic acids is 1. The van der Waals surface area contributed by atoms with Gasteiger partial charge in [0.25, 0.3) is 0 Å². The highest BCUT2D eigenvalue weighted by atomic mass is 32.2. The molecule has 0 fully saturated rings. The molecule has 0 aliphatic carbocycles. The molecule has 0 aliphatic rings. The Morgan fingerprint density at radius 3 is 2.31 bits per heavy atom. The Morgan fingerprint density at radius 2 is 1.81 bits per heavy atom. The average Bonchev–Trinajstić information content (AvgIpc) is 2.17. The van der Waals surface area contributed by atoms with Crippen LogP contribution in [-0.4, -0.2) is 33.4 Å². The molecule has 0 saturated heterocycles. The fourth-order valence-corrected chi connectivity index (χ4v) is 2.21. The van der Waals surface area contributed by atoms with E-state index in [1.807, 2.05) is 4.72 Å². The van der Waals surface area contributed by atoms with Crippen LogP contribution in [0.25, 0.3) is 0 Å². The quantitative estimate of drug-likeness (QED) is 0.852. The molecule has 6 heteroatoms. The summed E-state index contributed by atoms with van der Waals surface area (Å²) in [6, 6.07) is 8.04. The topological polar surface area (TPSA) is 66.5 Å². The Kier molecular flexibility index (Phi) is 3.89. The van der Waals surface area contributed by atoms with Gasteiger partial charge in [-0.05, 0) is 5.56 Å². The number of amides is 2. The molecule has 0 aliphatic heterocycles. The fourth-order valence-electron chi connectivity index (χ4n) is 1.05. The Labute approximate surface area is 95.1 Å². The van der Waals surface area contributed by atoms with Crippen molar-refractivity contribution in [3.8, 4) is 0 Å². The van der Waals surface area contributed by atoms with Crippen molar-refractivity contribution < 1.29 is 13.2 Å². The van der Waals surface area contributed by atoms with Gasteiger partial charge in [0.2, 0.25) is 10.0 Å². The van der Waals surface area contributed by atoms with Crippen LogP contribution in [0, 0.1) is 0 Å². The summed E-state index contributed by atoms with van der Waals surface area (Å²) < 4.78 is 25.1. The zero-order valence-corrected chi connectivity index (χ0v) is 9.99. The molecule has 5 nitrogen and oxygen atoms in total. The SMILES string of the molecule is CN(C)C(=O)NS(=O)(=O)Cc1ccccc1. The zero-order valence-electron chi connectivity index (χ0n) is 9.17. The molecular weight excluding hydrogens is 228 g/mol. The van der Waals surface area contributed by atoms with Gasteiger partial charge in [0.1, 0.15) is 0 Å². The molecule has 1 aromatic rings. The molecule has 0 saturated carbocycles. The third kappa shape index (κ3) is 3.90. The molecular formula is C10H14N2O3S. The van der Waals surface area contributed by atoms with Gasteiger partial charge < -0.3 is 4.90 Å². The van der Waals surface area contributed by atoms with E-state index in [0.717, 1.165) is 0 Å². The molecule has 1 aromatic carbocycles. The maximum absolute atomic E-state index is 11.6. The predicted octanol–water partition coefficient (Wildman–Crippen LogP) is 0.788. The molecule has 0 spiro atoms. The van der Waals surface area contributed by atoms with Crippen LogP contribution in [0.1, 0.15) is 5.56 Å². The maximum atomic E-state index is 11.6. The van der Waals surface area contributed by atoms with E-state index in [1.54, 1.807) is 30.3 Å². The lowest BCUT2D eigenvalue weighted by molar-refractivity contribution is 0.223. The van der Waals surface area contributed by atoms with Gasteiger partial charge in [0.15, 0.2) is 0 Å². The Bertz CT molecular complexity index is 454. The summed E-state index contributed by atoms with van der Waals surface area (Å²) in [5.74, 6) is -0.201. The van der Waals surface area contributed by atoms with Crippen molar-refractivity contribution in [1.29, 1.82) is 0 Å². The number of carbonyl (C=O) groups is 1. The van der Waals surface area contributed by atoms with Gasteiger partial charge in [-0.25, -0.2) is 17.9 Å². The van der Waals surface area contributed by atoms with Crippen LogP contribution in [-0.2, 0) is 15.8 Å². The van der Waals surface area contributed by atoms with Gasteiger partial charge in [-0.15, -0.1) is 0 Å². The molecule has 16 heavy (non-hydrogen) atoms. The lowest BCUT2D eigenvalue weighted by Gasteiger charge is -2.12. The van der Waals surface area contributed by atoms with Gasteiger partial charge in [-0.2, -0.15) is 0 Å². The first-order valence-corrected chi connectivity index (χ1v) is 6.31. The smallest absolute Gasteiger partial charge is 0.330 e. The number of hydrogen-bond acceptors (Lipinski definition) is 3. The van der Waals surface area contributed by atoms with Crippen LogP contribution in [0.5, 0.6) is 0 Å².